The van der Waals surface area contributed by atoms with Crippen molar-refractivity contribution in [2.45, 2.75) is 55.4 Å². The number of amides is 1. The highest BCUT2D eigenvalue weighted by Gasteiger charge is 2.43. The molecule has 10 heteroatoms. The van der Waals surface area contributed by atoms with Crippen molar-refractivity contribution in [3.63, 3.8) is 0 Å². The number of hydrogen-bond donors (Lipinski definition) is 2. The smallest absolute Gasteiger partial charge is 0.246 e. The number of nitrogens with one attached hydrogen (secondary N) is 1. The van der Waals surface area contributed by atoms with Gasteiger partial charge in [0.25, 0.3) is 0 Å². The zero-order chi connectivity index (χ0) is 21.0. The van der Waals surface area contributed by atoms with E-state index >= 15 is 0 Å². The number of hydrogen-bond acceptors (Lipinski definition) is 6. The Hall–Kier alpha value is -1.59. The molecule has 2 heterocycles. The molecule has 1 aromatic rings. The van der Waals surface area contributed by atoms with Crippen LogP contribution in [0, 0.1) is 5.82 Å². The number of aliphatic hydroxyl groups excluding tert-OH is 1. The molecule has 162 valence electrons. The highest BCUT2D eigenvalue weighted by Crippen LogP contribution is 2.32. The number of carbonyl (C=O) groups excluding carboxylic acids is 1. The Morgan fingerprint density at radius 3 is 2.79 bits per heavy atom. The van der Waals surface area contributed by atoms with Crippen molar-refractivity contribution in [2.75, 3.05) is 26.3 Å². The van der Waals surface area contributed by atoms with Gasteiger partial charge >= 0.3 is 0 Å². The van der Waals surface area contributed by atoms with Crippen molar-refractivity contribution in [1.29, 1.82) is 0 Å². The third-order valence-corrected chi connectivity index (χ3v) is 7.07. The van der Waals surface area contributed by atoms with Crippen molar-refractivity contribution in [1.82, 2.24) is 9.62 Å². The molecule has 0 unspecified atom stereocenters. The fourth-order valence-electron chi connectivity index (χ4n) is 3.83. The van der Waals surface area contributed by atoms with E-state index in [1.165, 1.54) is 18.2 Å². The molecule has 2 N–H and O–H groups in total. The Labute approximate surface area is 170 Å². The highest BCUT2D eigenvalue weighted by atomic mass is 32.2. The summed E-state index contributed by atoms with van der Waals surface area (Å²) in [6.45, 7) is 2.15. The normalized spacial score (nSPS) is 28.8. The Morgan fingerprint density at radius 2 is 2.07 bits per heavy atom. The van der Waals surface area contributed by atoms with Crippen LogP contribution >= 0.6 is 0 Å². The second kappa shape index (κ2) is 9.48. The zero-order valence-electron chi connectivity index (χ0n) is 16.3. The number of aliphatic hydroxyl groups is 1. The average Bonchev–Trinajstić information content (AvgIpc) is 2.65. The van der Waals surface area contributed by atoms with E-state index in [4.69, 9.17) is 9.47 Å². The van der Waals surface area contributed by atoms with Crippen molar-refractivity contribution in [3.8, 4) is 0 Å². The number of ether oxygens (including phenoxy) is 2. The molecule has 2 fully saturated rings. The number of nitrogens with zero attached hydrogens (tertiary/aromatic N) is 1. The standard InChI is InChI=1S/C19H27FN2O6S/c1-2-21-19(24)9-14-7-8-16-17(28-14)12-27-11-13(23)10-22(16)29(25,26)18-6-4-3-5-15(18)20/h3-6,13-14,16-17,23H,2,7-12H2,1H3,(H,21,24)/t13-,14-,16-,17+/m0/s1. The first kappa shape index (κ1) is 22.1. The summed E-state index contributed by atoms with van der Waals surface area (Å²) in [5.74, 6) is -0.975. The van der Waals surface area contributed by atoms with E-state index in [2.05, 4.69) is 5.32 Å². The van der Waals surface area contributed by atoms with Crippen molar-refractivity contribution < 1.29 is 32.2 Å². The molecule has 3 rings (SSSR count). The van der Waals surface area contributed by atoms with Gasteiger partial charge in [0.05, 0.1) is 44.0 Å². The third-order valence-electron chi connectivity index (χ3n) is 5.14. The van der Waals surface area contributed by atoms with Gasteiger partial charge in [-0.25, -0.2) is 12.8 Å². The molecule has 0 bridgehead atoms. The fraction of sp³-hybridized carbons (Fsp3) is 0.632. The monoisotopic (exact) mass is 430 g/mol. The molecule has 2 aliphatic rings. The summed E-state index contributed by atoms with van der Waals surface area (Å²) in [4.78, 5) is 11.4. The zero-order valence-corrected chi connectivity index (χ0v) is 17.1. The Balaban J connectivity index is 1.85. The lowest BCUT2D eigenvalue weighted by atomic mass is 9.96. The molecule has 1 amide bonds. The predicted molar refractivity (Wildman–Crippen MR) is 102 cm³/mol. The van der Waals surface area contributed by atoms with Crippen LogP contribution < -0.4 is 5.32 Å². The summed E-state index contributed by atoms with van der Waals surface area (Å²) in [6, 6.07) is 4.55. The van der Waals surface area contributed by atoms with E-state index in [-0.39, 0.29) is 38.2 Å². The second-order valence-corrected chi connectivity index (χ2v) is 9.15. The Morgan fingerprint density at radius 1 is 1.31 bits per heavy atom. The number of rotatable bonds is 5. The van der Waals surface area contributed by atoms with Crippen LogP contribution in [0.4, 0.5) is 4.39 Å². The molecule has 0 aromatic heterocycles. The van der Waals surface area contributed by atoms with Crippen LogP contribution in [-0.4, -0.2) is 74.4 Å². The van der Waals surface area contributed by atoms with Crippen LogP contribution in [0.1, 0.15) is 26.2 Å². The number of halogens is 1. The summed E-state index contributed by atoms with van der Waals surface area (Å²) in [5, 5.41) is 12.9. The van der Waals surface area contributed by atoms with Crippen LogP contribution in [0.3, 0.4) is 0 Å². The lowest BCUT2D eigenvalue weighted by molar-refractivity contribution is -0.146. The van der Waals surface area contributed by atoms with Crippen LogP contribution in [0.25, 0.3) is 0 Å². The number of benzene rings is 1. The molecule has 4 atom stereocenters. The molecule has 0 aliphatic carbocycles. The fourth-order valence-corrected chi connectivity index (χ4v) is 5.61. The van der Waals surface area contributed by atoms with Gasteiger partial charge < -0.3 is 19.9 Å². The molecular weight excluding hydrogens is 403 g/mol. The summed E-state index contributed by atoms with van der Waals surface area (Å²) in [7, 11) is -4.20. The molecule has 0 spiro atoms. The van der Waals surface area contributed by atoms with E-state index < -0.39 is 39.0 Å². The minimum atomic E-state index is -4.20. The lowest BCUT2D eigenvalue weighted by Gasteiger charge is -2.43. The van der Waals surface area contributed by atoms with E-state index in [1.54, 1.807) is 0 Å². The van der Waals surface area contributed by atoms with Crippen LogP contribution in [-0.2, 0) is 24.3 Å². The average molecular weight is 430 g/mol. The second-order valence-electron chi connectivity index (χ2n) is 7.30. The molecule has 1 aromatic carbocycles. The summed E-state index contributed by atoms with van der Waals surface area (Å²) in [5.41, 5.74) is 0. The predicted octanol–water partition coefficient (Wildman–Crippen LogP) is 0.650. The van der Waals surface area contributed by atoms with E-state index in [1.807, 2.05) is 6.92 Å². The molecular formula is C19H27FN2O6S. The lowest BCUT2D eigenvalue weighted by Crippen LogP contribution is -2.57. The topological polar surface area (TPSA) is 105 Å². The van der Waals surface area contributed by atoms with Crippen LogP contribution in [0.5, 0.6) is 0 Å². The summed E-state index contributed by atoms with van der Waals surface area (Å²) >= 11 is 0. The van der Waals surface area contributed by atoms with Crippen molar-refractivity contribution >= 4 is 15.9 Å². The van der Waals surface area contributed by atoms with E-state index in [9.17, 15) is 22.7 Å². The molecule has 0 saturated carbocycles. The van der Waals surface area contributed by atoms with Gasteiger partial charge in [0.1, 0.15) is 10.7 Å². The highest BCUT2D eigenvalue weighted by molar-refractivity contribution is 7.89. The van der Waals surface area contributed by atoms with Gasteiger partial charge in [-0.05, 0) is 31.9 Å². The molecule has 0 radical (unpaired) electrons. The maximum atomic E-state index is 14.3. The summed E-state index contributed by atoms with van der Waals surface area (Å²) < 4.78 is 53.3. The van der Waals surface area contributed by atoms with Crippen LogP contribution in [0.2, 0.25) is 0 Å². The van der Waals surface area contributed by atoms with Gasteiger partial charge in [-0.15, -0.1) is 0 Å². The van der Waals surface area contributed by atoms with Gasteiger partial charge in [-0.1, -0.05) is 12.1 Å². The summed E-state index contributed by atoms with van der Waals surface area (Å²) in [6.07, 6.45) is -0.938. The van der Waals surface area contributed by atoms with Gasteiger partial charge in [0.15, 0.2) is 0 Å². The first-order chi connectivity index (χ1) is 13.8. The number of fused-ring (bicyclic) bond motifs is 1. The van der Waals surface area contributed by atoms with Crippen LogP contribution in [0.15, 0.2) is 29.2 Å². The molecule has 2 aliphatic heterocycles. The Kier molecular flexibility index (Phi) is 7.23. The van der Waals surface area contributed by atoms with Gasteiger partial charge in [-0.2, -0.15) is 4.31 Å². The molecule has 2 saturated heterocycles. The number of carbonyl (C=O) groups is 1. The molecule has 8 nitrogen and oxygen atoms in total. The quantitative estimate of drug-likeness (QED) is 0.711. The maximum absolute atomic E-state index is 14.3. The minimum absolute atomic E-state index is 0.0587. The van der Waals surface area contributed by atoms with E-state index in [0.29, 0.717) is 19.4 Å². The van der Waals surface area contributed by atoms with Crippen molar-refractivity contribution in [2.24, 2.45) is 0 Å². The van der Waals surface area contributed by atoms with Crippen molar-refractivity contribution in [3.05, 3.63) is 30.1 Å². The largest absolute Gasteiger partial charge is 0.389 e. The Bertz CT molecular complexity index is 821. The van der Waals surface area contributed by atoms with Gasteiger partial charge in [-0.3, -0.25) is 4.79 Å². The first-order valence-corrected chi connectivity index (χ1v) is 11.2. The van der Waals surface area contributed by atoms with Gasteiger partial charge in [0, 0.05) is 13.1 Å². The van der Waals surface area contributed by atoms with Gasteiger partial charge in [0.2, 0.25) is 15.9 Å². The minimum Gasteiger partial charge on any atom is -0.389 e. The number of sulfonamides is 1. The first-order valence-electron chi connectivity index (χ1n) is 9.77. The van der Waals surface area contributed by atoms with E-state index in [0.717, 1.165) is 10.4 Å². The maximum Gasteiger partial charge on any atom is 0.246 e. The molecule has 29 heavy (non-hydrogen) atoms. The number of β-amino-alcohol motifs (C(OH)–C–C–N with tert-alkyl or cyclic N) is 1. The SMILES string of the molecule is CCNC(=O)C[C@@H]1CC[C@H]2[C@@H](COC[C@@H](O)CN2S(=O)(=O)c2ccccc2F)O1. The third kappa shape index (κ3) is 5.13.